The van der Waals surface area contributed by atoms with Crippen molar-refractivity contribution in [2.45, 2.75) is 13.3 Å². The number of pyridine rings is 1. The topological polar surface area (TPSA) is 77.2 Å². The Hall–Kier alpha value is -2.56. The molecule has 0 unspecified atom stereocenters. The maximum absolute atomic E-state index is 12.1. The molecule has 0 bridgehead atoms. The zero-order valence-corrected chi connectivity index (χ0v) is 11.3. The minimum atomic E-state index is -0.337. The first-order valence-electron chi connectivity index (χ1n) is 6.45. The standard InChI is InChI=1S/C15H17N3O2/c1-2-9-20-12-6-3-5-11(10-12)18-15(19)14-13(16)7-4-8-17-14/h3-8,10H,2,9,16H2,1H3,(H,18,19). The monoisotopic (exact) mass is 271 g/mol. The number of rotatable bonds is 5. The van der Waals surface area contributed by atoms with Gasteiger partial charge in [-0.15, -0.1) is 0 Å². The van der Waals surface area contributed by atoms with E-state index in [2.05, 4.69) is 10.3 Å². The van der Waals surface area contributed by atoms with Gasteiger partial charge in [0.1, 0.15) is 5.75 Å². The molecule has 5 nitrogen and oxygen atoms in total. The Morgan fingerprint density at radius 3 is 2.95 bits per heavy atom. The van der Waals surface area contributed by atoms with Crippen LogP contribution in [0.15, 0.2) is 42.6 Å². The van der Waals surface area contributed by atoms with E-state index >= 15 is 0 Å². The summed E-state index contributed by atoms with van der Waals surface area (Å²) in [6.07, 6.45) is 2.47. The van der Waals surface area contributed by atoms with Crippen LogP contribution in [0.1, 0.15) is 23.8 Å². The molecule has 1 amide bonds. The summed E-state index contributed by atoms with van der Waals surface area (Å²) in [6, 6.07) is 10.6. The van der Waals surface area contributed by atoms with E-state index < -0.39 is 0 Å². The van der Waals surface area contributed by atoms with Crippen molar-refractivity contribution >= 4 is 17.3 Å². The van der Waals surface area contributed by atoms with Gasteiger partial charge in [-0.3, -0.25) is 4.79 Å². The first-order valence-corrected chi connectivity index (χ1v) is 6.45. The molecule has 0 radical (unpaired) electrons. The van der Waals surface area contributed by atoms with Crippen molar-refractivity contribution in [2.24, 2.45) is 0 Å². The molecule has 3 N–H and O–H groups in total. The number of hydrogen-bond donors (Lipinski definition) is 2. The quantitative estimate of drug-likeness (QED) is 0.876. The second kappa shape index (κ2) is 6.56. The van der Waals surface area contributed by atoms with E-state index in [1.807, 2.05) is 19.1 Å². The van der Waals surface area contributed by atoms with E-state index in [1.165, 1.54) is 6.20 Å². The second-order valence-corrected chi connectivity index (χ2v) is 4.27. The molecule has 1 aromatic heterocycles. The lowest BCUT2D eigenvalue weighted by Gasteiger charge is -2.09. The SMILES string of the molecule is CCCOc1cccc(NC(=O)c2ncccc2N)c1. The van der Waals surface area contributed by atoms with Crippen LogP contribution in [0, 0.1) is 0 Å². The number of carbonyl (C=O) groups excluding carboxylic acids is 1. The molecular weight excluding hydrogens is 254 g/mol. The van der Waals surface area contributed by atoms with Gasteiger partial charge in [-0.05, 0) is 30.7 Å². The van der Waals surface area contributed by atoms with Crippen molar-refractivity contribution in [1.82, 2.24) is 4.98 Å². The highest BCUT2D eigenvalue weighted by atomic mass is 16.5. The summed E-state index contributed by atoms with van der Waals surface area (Å²) >= 11 is 0. The summed E-state index contributed by atoms with van der Waals surface area (Å²) in [5, 5.41) is 2.75. The Morgan fingerprint density at radius 1 is 1.35 bits per heavy atom. The van der Waals surface area contributed by atoms with Gasteiger partial charge in [0.2, 0.25) is 0 Å². The highest BCUT2D eigenvalue weighted by Crippen LogP contribution is 2.18. The molecule has 5 heteroatoms. The summed E-state index contributed by atoms with van der Waals surface area (Å²) in [6.45, 7) is 2.68. The van der Waals surface area contributed by atoms with Crippen LogP contribution in [0.25, 0.3) is 0 Å². The molecule has 0 saturated carbocycles. The summed E-state index contributed by atoms with van der Waals surface area (Å²) in [7, 11) is 0. The Kier molecular flexibility index (Phi) is 4.55. The van der Waals surface area contributed by atoms with Gasteiger partial charge in [-0.25, -0.2) is 4.98 Å². The first-order chi connectivity index (χ1) is 9.70. The maximum atomic E-state index is 12.1. The zero-order chi connectivity index (χ0) is 14.4. The number of aromatic nitrogens is 1. The van der Waals surface area contributed by atoms with E-state index in [9.17, 15) is 4.79 Å². The molecule has 1 heterocycles. The summed E-state index contributed by atoms with van der Waals surface area (Å²) in [5.74, 6) is 0.384. The zero-order valence-electron chi connectivity index (χ0n) is 11.3. The molecule has 0 aliphatic carbocycles. The Morgan fingerprint density at radius 2 is 2.20 bits per heavy atom. The number of nitrogens with zero attached hydrogens (tertiary/aromatic N) is 1. The number of nitrogens with one attached hydrogen (secondary N) is 1. The van der Waals surface area contributed by atoms with Crippen molar-refractivity contribution in [3.8, 4) is 5.75 Å². The van der Waals surface area contributed by atoms with Crippen molar-refractivity contribution in [3.63, 3.8) is 0 Å². The highest BCUT2D eigenvalue weighted by Gasteiger charge is 2.11. The van der Waals surface area contributed by atoms with Crippen LogP contribution in [0.3, 0.4) is 0 Å². The van der Waals surface area contributed by atoms with E-state index in [4.69, 9.17) is 10.5 Å². The van der Waals surface area contributed by atoms with Gasteiger partial charge < -0.3 is 15.8 Å². The van der Waals surface area contributed by atoms with Crippen LogP contribution in [-0.4, -0.2) is 17.5 Å². The number of carbonyl (C=O) groups is 1. The van der Waals surface area contributed by atoms with E-state index in [0.717, 1.165) is 12.2 Å². The van der Waals surface area contributed by atoms with Gasteiger partial charge in [0.25, 0.3) is 5.91 Å². The largest absolute Gasteiger partial charge is 0.494 e. The third kappa shape index (κ3) is 3.47. The maximum Gasteiger partial charge on any atom is 0.276 e. The third-order valence-electron chi connectivity index (χ3n) is 2.62. The molecule has 20 heavy (non-hydrogen) atoms. The molecule has 104 valence electrons. The third-order valence-corrected chi connectivity index (χ3v) is 2.62. The van der Waals surface area contributed by atoms with Gasteiger partial charge in [0, 0.05) is 18.0 Å². The number of hydrogen-bond acceptors (Lipinski definition) is 4. The fraction of sp³-hybridized carbons (Fsp3) is 0.200. The van der Waals surface area contributed by atoms with E-state index in [1.54, 1.807) is 24.3 Å². The average molecular weight is 271 g/mol. The number of anilines is 2. The molecule has 0 spiro atoms. The average Bonchev–Trinajstić information content (AvgIpc) is 2.46. The Balaban J connectivity index is 2.10. The molecule has 0 saturated heterocycles. The molecule has 2 rings (SSSR count). The van der Waals surface area contributed by atoms with Gasteiger partial charge in [-0.1, -0.05) is 13.0 Å². The van der Waals surface area contributed by atoms with E-state index in [0.29, 0.717) is 18.0 Å². The van der Waals surface area contributed by atoms with E-state index in [-0.39, 0.29) is 11.6 Å². The lowest BCUT2D eigenvalue weighted by molar-refractivity contribution is 0.102. The fourth-order valence-corrected chi connectivity index (χ4v) is 1.68. The Bertz CT molecular complexity index is 599. The first kappa shape index (κ1) is 13.9. The van der Waals surface area contributed by atoms with Crippen LogP contribution in [-0.2, 0) is 0 Å². The van der Waals surface area contributed by atoms with Crippen LogP contribution in [0.2, 0.25) is 0 Å². The molecule has 0 fully saturated rings. The van der Waals surface area contributed by atoms with Crippen molar-refractivity contribution in [1.29, 1.82) is 0 Å². The van der Waals surface area contributed by atoms with Gasteiger partial charge in [0.15, 0.2) is 5.69 Å². The van der Waals surface area contributed by atoms with Crippen LogP contribution < -0.4 is 15.8 Å². The summed E-state index contributed by atoms with van der Waals surface area (Å²) in [5.41, 5.74) is 6.94. The second-order valence-electron chi connectivity index (χ2n) is 4.27. The highest BCUT2D eigenvalue weighted by molar-refractivity contribution is 6.06. The molecule has 0 aliphatic heterocycles. The van der Waals surface area contributed by atoms with Crippen LogP contribution >= 0.6 is 0 Å². The van der Waals surface area contributed by atoms with Crippen molar-refractivity contribution in [3.05, 3.63) is 48.3 Å². The van der Waals surface area contributed by atoms with Gasteiger partial charge >= 0.3 is 0 Å². The fourth-order valence-electron chi connectivity index (χ4n) is 1.68. The predicted molar refractivity (Wildman–Crippen MR) is 78.8 cm³/mol. The lowest BCUT2D eigenvalue weighted by Crippen LogP contribution is -2.15. The van der Waals surface area contributed by atoms with Crippen LogP contribution in [0.5, 0.6) is 5.75 Å². The molecule has 2 aromatic rings. The molecule has 0 aliphatic rings. The van der Waals surface area contributed by atoms with Crippen LogP contribution in [0.4, 0.5) is 11.4 Å². The molecule has 1 aromatic carbocycles. The number of nitrogen functional groups attached to an aromatic ring is 1. The number of ether oxygens (including phenoxy) is 1. The van der Waals surface area contributed by atoms with Gasteiger partial charge in [-0.2, -0.15) is 0 Å². The Labute approximate surface area is 117 Å². The molecule has 0 atom stereocenters. The smallest absolute Gasteiger partial charge is 0.276 e. The minimum absolute atomic E-state index is 0.215. The molecular formula is C15H17N3O2. The number of nitrogens with two attached hydrogens (primary N) is 1. The normalized spacial score (nSPS) is 10.1. The van der Waals surface area contributed by atoms with Gasteiger partial charge in [0.05, 0.1) is 12.3 Å². The summed E-state index contributed by atoms with van der Waals surface area (Å²) < 4.78 is 5.52. The predicted octanol–water partition coefficient (Wildman–Crippen LogP) is 2.70. The minimum Gasteiger partial charge on any atom is -0.494 e. The summed E-state index contributed by atoms with van der Waals surface area (Å²) in [4.78, 5) is 16.0. The lowest BCUT2D eigenvalue weighted by atomic mass is 10.2. The van der Waals surface area contributed by atoms with Crippen molar-refractivity contribution in [2.75, 3.05) is 17.7 Å². The van der Waals surface area contributed by atoms with Crippen molar-refractivity contribution < 1.29 is 9.53 Å². The number of amides is 1. The number of benzene rings is 1.